The molecule has 0 aromatic carbocycles. The molecule has 0 aliphatic rings. The maximum absolute atomic E-state index is 11.1. The molecule has 1 nitrogen and oxygen atoms in total. The third kappa shape index (κ3) is 9.32. The summed E-state index contributed by atoms with van der Waals surface area (Å²) in [7, 11) is 0. The van der Waals surface area contributed by atoms with Gasteiger partial charge >= 0.3 is 0 Å². The fraction of sp³-hybridized carbons (Fsp3) is 0.750. The first-order chi connectivity index (χ1) is 6.31. The van der Waals surface area contributed by atoms with Crippen LogP contribution in [-0.2, 0) is 4.79 Å². The predicted octanol–water partition coefficient (Wildman–Crippen LogP) is 3.88. The van der Waals surface area contributed by atoms with E-state index in [4.69, 9.17) is 0 Å². The molecule has 1 heteroatoms. The van der Waals surface area contributed by atoms with E-state index in [2.05, 4.69) is 13.0 Å². The van der Waals surface area contributed by atoms with Gasteiger partial charge in [-0.2, -0.15) is 0 Å². The molecule has 13 heavy (non-hydrogen) atoms. The van der Waals surface area contributed by atoms with Crippen LogP contribution in [0.15, 0.2) is 12.2 Å². The smallest absolute Gasteiger partial charge is 0.136 e. The van der Waals surface area contributed by atoms with E-state index < -0.39 is 0 Å². The van der Waals surface area contributed by atoms with Crippen LogP contribution < -0.4 is 0 Å². The monoisotopic (exact) mass is 182 g/mol. The van der Waals surface area contributed by atoms with Crippen LogP contribution in [0.3, 0.4) is 0 Å². The number of hydrogen-bond acceptors (Lipinski definition) is 1. The lowest BCUT2D eigenvalue weighted by atomic mass is 10.1. The third-order valence-corrected chi connectivity index (χ3v) is 2.02. The van der Waals surface area contributed by atoms with Gasteiger partial charge in [-0.05, 0) is 19.3 Å². The summed E-state index contributed by atoms with van der Waals surface area (Å²) in [6, 6.07) is 0. The molecular weight excluding hydrogens is 160 g/mol. The van der Waals surface area contributed by atoms with Gasteiger partial charge in [-0.15, -0.1) is 0 Å². The van der Waals surface area contributed by atoms with Crippen LogP contribution in [0, 0.1) is 0 Å². The highest BCUT2D eigenvalue weighted by Crippen LogP contribution is 2.01. The number of hydrogen-bond donors (Lipinski definition) is 0. The highest BCUT2D eigenvalue weighted by molar-refractivity contribution is 5.79. The zero-order valence-electron chi connectivity index (χ0n) is 9.01. The van der Waals surface area contributed by atoms with Crippen molar-refractivity contribution in [3.8, 4) is 0 Å². The van der Waals surface area contributed by atoms with Gasteiger partial charge in [0.05, 0.1) is 0 Å². The van der Waals surface area contributed by atoms with Crippen LogP contribution in [0.4, 0.5) is 0 Å². The maximum Gasteiger partial charge on any atom is 0.136 e. The molecule has 0 aromatic heterocycles. The van der Waals surface area contributed by atoms with Crippen molar-refractivity contribution >= 4 is 5.78 Å². The molecule has 0 saturated carbocycles. The van der Waals surface area contributed by atoms with E-state index in [-0.39, 0.29) is 0 Å². The third-order valence-electron chi connectivity index (χ3n) is 2.02. The number of unbranched alkanes of at least 4 members (excludes halogenated alkanes) is 3. The van der Waals surface area contributed by atoms with Gasteiger partial charge in [-0.3, -0.25) is 4.79 Å². The predicted molar refractivity (Wildman–Crippen MR) is 57.8 cm³/mol. The van der Waals surface area contributed by atoms with Crippen molar-refractivity contribution in [1.82, 2.24) is 0 Å². The second-order valence-electron chi connectivity index (χ2n) is 3.46. The van der Waals surface area contributed by atoms with Crippen LogP contribution in [0.25, 0.3) is 0 Å². The second-order valence-corrected chi connectivity index (χ2v) is 3.46. The average Bonchev–Trinajstić information content (AvgIpc) is 2.11. The van der Waals surface area contributed by atoms with Gasteiger partial charge in [-0.25, -0.2) is 0 Å². The minimum Gasteiger partial charge on any atom is -0.299 e. The lowest BCUT2D eigenvalue weighted by molar-refractivity contribution is -0.118. The van der Waals surface area contributed by atoms with Crippen molar-refractivity contribution < 1.29 is 4.79 Å². The molecule has 0 amide bonds. The van der Waals surface area contributed by atoms with Crippen molar-refractivity contribution in [2.45, 2.75) is 58.8 Å². The van der Waals surface area contributed by atoms with Crippen LogP contribution in [-0.4, -0.2) is 5.78 Å². The van der Waals surface area contributed by atoms with E-state index in [0.29, 0.717) is 12.2 Å². The first-order valence-electron chi connectivity index (χ1n) is 5.48. The molecule has 76 valence electrons. The van der Waals surface area contributed by atoms with Crippen molar-refractivity contribution in [3.63, 3.8) is 0 Å². The van der Waals surface area contributed by atoms with E-state index in [9.17, 15) is 4.79 Å². The molecule has 0 fully saturated rings. The Hall–Kier alpha value is -0.590. The zero-order chi connectivity index (χ0) is 9.94. The normalized spacial score (nSPS) is 10.9. The van der Waals surface area contributed by atoms with E-state index in [0.717, 1.165) is 19.3 Å². The summed E-state index contributed by atoms with van der Waals surface area (Å²) in [4.78, 5) is 11.1. The molecule has 0 N–H and O–H groups in total. The van der Waals surface area contributed by atoms with Crippen LogP contribution in [0.2, 0.25) is 0 Å². The minimum absolute atomic E-state index is 0.370. The molecular formula is C12H22O. The quantitative estimate of drug-likeness (QED) is 0.411. The van der Waals surface area contributed by atoms with Gasteiger partial charge in [-0.1, -0.05) is 38.8 Å². The summed E-state index contributed by atoms with van der Waals surface area (Å²) in [6.07, 6.45) is 11.5. The Morgan fingerprint density at radius 2 is 1.85 bits per heavy atom. The van der Waals surface area contributed by atoms with Gasteiger partial charge < -0.3 is 0 Å². The Morgan fingerprint density at radius 1 is 1.08 bits per heavy atom. The summed E-state index contributed by atoms with van der Waals surface area (Å²) in [5, 5.41) is 0. The van der Waals surface area contributed by atoms with Gasteiger partial charge in [0.15, 0.2) is 0 Å². The molecule has 0 unspecified atom stereocenters. The van der Waals surface area contributed by atoms with Crippen LogP contribution >= 0.6 is 0 Å². The second kappa shape index (κ2) is 9.50. The Labute approximate surface area is 82.2 Å². The van der Waals surface area contributed by atoms with Gasteiger partial charge in [0.2, 0.25) is 0 Å². The summed E-state index contributed by atoms with van der Waals surface area (Å²) >= 11 is 0. The molecule has 0 radical (unpaired) electrons. The number of rotatable bonds is 8. The van der Waals surface area contributed by atoms with Crippen LogP contribution in [0.1, 0.15) is 58.8 Å². The van der Waals surface area contributed by atoms with E-state index in [1.54, 1.807) is 0 Å². The summed E-state index contributed by atoms with van der Waals surface area (Å²) < 4.78 is 0. The fourth-order valence-corrected chi connectivity index (χ4v) is 1.23. The number of allylic oxidation sites excluding steroid dienone is 2. The molecule has 0 aliphatic carbocycles. The van der Waals surface area contributed by atoms with Gasteiger partial charge in [0.1, 0.15) is 5.78 Å². The molecule has 0 aromatic rings. The Bertz CT molecular complexity index is 147. The molecule has 0 saturated heterocycles. The summed E-state index contributed by atoms with van der Waals surface area (Å²) in [5.41, 5.74) is 0. The van der Waals surface area contributed by atoms with Crippen LogP contribution in [0.5, 0.6) is 0 Å². The van der Waals surface area contributed by atoms with Crippen molar-refractivity contribution in [2.24, 2.45) is 0 Å². The Kier molecular flexibility index (Phi) is 9.07. The standard InChI is InChI=1S/C12H22O/c1-3-5-6-7-8-9-11-12(13)10-4-2/h8-9H,3-7,10-11H2,1-2H3/b9-8-. The van der Waals surface area contributed by atoms with E-state index in [1.807, 2.05) is 13.0 Å². The number of carbonyl (C=O) groups is 1. The topological polar surface area (TPSA) is 17.1 Å². The zero-order valence-corrected chi connectivity index (χ0v) is 9.01. The highest BCUT2D eigenvalue weighted by Gasteiger charge is 1.94. The molecule has 0 bridgehead atoms. The minimum atomic E-state index is 0.370. The number of ketones is 1. The number of carbonyl (C=O) groups excluding carboxylic acids is 1. The SMILES string of the molecule is CCCCC/C=C\CC(=O)CCC. The first kappa shape index (κ1) is 12.4. The molecule has 0 rings (SSSR count). The van der Waals surface area contributed by atoms with E-state index in [1.165, 1.54) is 19.3 Å². The summed E-state index contributed by atoms with van der Waals surface area (Å²) in [5.74, 6) is 0.370. The Balaban J connectivity index is 3.25. The Morgan fingerprint density at radius 3 is 2.46 bits per heavy atom. The first-order valence-corrected chi connectivity index (χ1v) is 5.48. The van der Waals surface area contributed by atoms with Gasteiger partial charge in [0, 0.05) is 12.8 Å². The average molecular weight is 182 g/mol. The highest BCUT2D eigenvalue weighted by atomic mass is 16.1. The van der Waals surface area contributed by atoms with Gasteiger partial charge in [0.25, 0.3) is 0 Å². The van der Waals surface area contributed by atoms with E-state index >= 15 is 0 Å². The van der Waals surface area contributed by atoms with Crippen molar-refractivity contribution in [1.29, 1.82) is 0 Å². The lowest BCUT2D eigenvalue weighted by Crippen LogP contribution is -1.93. The maximum atomic E-state index is 11.1. The molecule has 0 spiro atoms. The van der Waals surface area contributed by atoms with Crippen molar-refractivity contribution in [3.05, 3.63) is 12.2 Å². The molecule has 0 atom stereocenters. The molecule has 0 aliphatic heterocycles. The lowest BCUT2D eigenvalue weighted by Gasteiger charge is -1.93. The molecule has 0 heterocycles. The fourth-order valence-electron chi connectivity index (χ4n) is 1.23. The number of Topliss-reactive ketones (excluding diaryl/α,β-unsaturated/α-hetero) is 1. The summed E-state index contributed by atoms with van der Waals surface area (Å²) in [6.45, 7) is 4.25. The largest absolute Gasteiger partial charge is 0.299 e. The van der Waals surface area contributed by atoms with Crippen molar-refractivity contribution in [2.75, 3.05) is 0 Å².